The molecule has 4 heteroatoms. The summed E-state index contributed by atoms with van der Waals surface area (Å²) in [5.41, 5.74) is 0.339. The average molecular weight is 215 g/mol. The van der Waals surface area contributed by atoms with Crippen LogP contribution in [-0.4, -0.2) is 20.3 Å². The Labute approximate surface area is 88.3 Å². The Balaban J connectivity index is 2.65. The summed E-state index contributed by atoms with van der Waals surface area (Å²) in [6.45, 7) is 2.93. The monoisotopic (exact) mass is 215 g/mol. The first-order valence-electron chi connectivity index (χ1n) is 4.83. The molecule has 1 aromatic rings. The lowest BCUT2D eigenvalue weighted by Crippen LogP contribution is -2.23. The molecule has 0 aromatic heterocycles. The van der Waals surface area contributed by atoms with Gasteiger partial charge >= 0.3 is 0 Å². The molecule has 84 valence electrons. The molecule has 0 radical (unpaired) electrons. The molecule has 0 unspecified atom stereocenters. The van der Waals surface area contributed by atoms with E-state index in [4.69, 9.17) is 4.74 Å². The van der Waals surface area contributed by atoms with Crippen LogP contribution in [0, 0.1) is 11.6 Å². The molecule has 0 saturated carbocycles. The van der Waals surface area contributed by atoms with Crippen molar-refractivity contribution in [1.29, 1.82) is 0 Å². The molecule has 0 heterocycles. The fraction of sp³-hybridized carbons (Fsp3) is 0.455. The third-order valence-electron chi connectivity index (χ3n) is 2.20. The van der Waals surface area contributed by atoms with Crippen molar-refractivity contribution in [3.8, 4) is 0 Å². The maximum Gasteiger partial charge on any atom is 0.163 e. The molecule has 1 aromatic carbocycles. The van der Waals surface area contributed by atoms with Crippen LogP contribution in [0.25, 0.3) is 0 Å². The van der Waals surface area contributed by atoms with Crippen LogP contribution >= 0.6 is 0 Å². The summed E-state index contributed by atoms with van der Waals surface area (Å²) in [4.78, 5) is 0. The smallest absolute Gasteiger partial charge is 0.163 e. The van der Waals surface area contributed by atoms with Crippen molar-refractivity contribution >= 4 is 0 Å². The van der Waals surface area contributed by atoms with E-state index in [0.717, 1.165) is 6.07 Å². The van der Waals surface area contributed by atoms with E-state index < -0.39 is 11.6 Å². The van der Waals surface area contributed by atoms with Gasteiger partial charge in [-0.3, -0.25) is 0 Å². The van der Waals surface area contributed by atoms with E-state index in [0.29, 0.717) is 18.7 Å². The van der Waals surface area contributed by atoms with E-state index >= 15 is 0 Å². The number of hydrogen-bond acceptors (Lipinski definition) is 2. The Morgan fingerprint density at radius 2 is 2.13 bits per heavy atom. The predicted molar refractivity (Wildman–Crippen MR) is 54.7 cm³/mol. The van der Waals surface area contributed by atoms with Gasteiger partial charge in [0.1, 0.15) is 0 Å². The summed E-state index contributed by atoms with van der Waals surface area (Å²) >= 11 is 0. The minimum Gasteiger partial charge on any atom is -0.383 e. The van der Waals surface area contributed by atoms with Gasteiger partial charge in [0.2, 0.25) is 0 Å². The van der Waals surface area contributed by atoms with Gasteiger partial charge in [-0.1, -0.05) is 12.1 Å². The summed E-state index contributed by atoms with van der Waals surface area (Å²) in [7, 11) is 1.59. The molecule has 0 aliphatic heterocycles. The topological polar surface area (TPSA) is 21.3 Å². The van der Waals surface area contributed by atoms with Crippen LogP contribution in [0.4, 0.5) is 8.78 Å². The molecule has 1 rings (SSSR count). The van der Waals surface area contributed by atoms with Gasteiger partial charge in [0.05, 0.1) is 6.61 Å². The first-order chi connectivity index (χ1) is 7.16. The standard InChI is InChI=1S/C11H15F2NO/c1-8(14-6-7-15-2)9-4-3-5-10(12)11(9)13/h3-5,8,14H,6-7H2,1-2H3/t8-/m0/s1. The van der Waals surface area contributed by atoms with Crippen molar-refractivity contribution < 1.29 is 13.5 Å². The van der Waals surface area contributed by atoms with Gasteiger partial charge in [-0.05, 0) is 13.0 Å². The molecule has 0 bridgehead atoms. The van der Waals surface area contributed by atoms with Crippen molar-refractivity contribution in [3.05, 3.63) is 35.4 Å². The lowest BCUT2D eigenvalue weighted by Gasteiger charge is -2.14. The lowest BCUT2D eigenvalue weighted by molar-refractivity contribution is 0.196. The third kappa shape index (κ3) is 3.25. The number of hydrogen-bond donors (Lipinski definition) is 1. The Kier molecular flexibility index (Phi) is 4.65. The third-order valence-corrected chi connectivity index (χ3v) is 2.20. The highest BCUT2D eigenvalue weighted by Gasteiger charge is 2.12. The van der Waals surface area contributed by atoms with Gasteiger partial charge in [0.25, 0.3) is 0 Å². The number of ether oxygens (including phenoxy) is 1. The molecule has 1 N–H and O–H groups in total. The number of halogens is 2. The second kappa shape index (κ2) is 5.78. The normalized spacial score (nSPS) is 12.8. The van der Waals surface area contributed by atoms with Crippen LogP contribution in [0.2, 0.25) is 0 Å². The Morgan fingerprint density at radius 3 is 2.80 bits per heavy atom. The second-order valence-electron chi connectivity index (χ2n) is 3.31. The van der Waals surface area contributed by atoms with Crippen molar-refractivity contribution in [2.75, 3.05) is 20.3 Å². The van der Waals surface area contributed by atoms with Gasteiger partial charge in [0, 0.05) is 25.3 Å². The highest BCUT2D eigenvalue weighted by Crippen LogP contribution is 2.18. The Morgan fingerprint density at radius 1 is 1.40 bits per heavy atom. The van der Waals surface area contributed by atoms with Crippen LogP contribution < -0.4 is 5.32 Å². The van der Waals surface area contributed by atoms with Gasteiger partial charge < -0.3 is 10.1 Å². The summed E-state index contributed by atoms with van der Waals surface area (Å²) in [6.07, 6.45) is 0. The van der Waals surface area contributed by atoms with Gasteiger partial charge in [-0.15, -0.1) is 0 Å². The molecule has 2 nitrogen and oxygen atoms in total. The molecule has 1 atom stereocenters. The van der Waals surface area contributed by atoms with E-state index in [-0.39, 0.29) is 6.04 Å². The minimum absolute atomic E-state index is 0.226. The molecule has 0 saturated heterocycles. The van der Waals surface area contributed by atoms with E-state index in [1.165, 1.54) is 6.07 Å². The highest BCUT2D eigenvalue weighted by atomic mass is 19.2. The van der Waals surface area contributed by atoms with Gasteiger partial charge in [-0.25, -0.2) is 8.78 Å². The maximum absolute atomic E-state index is 13.3. The zero-order valence-electron chi connectivity index (χ0n) is 8.89. The fourth-order valence-corrected chi connectivity index (χ4v) is 1.34. The van der Waals surface area contributed by atoms with E-state index in [2.05, 4.69) is 5.32 Å². The quantitative estimate of drug-likeness (QED) is 0.761. The molecule has 0 spiro atoms. The first-order valence-corrected chi connectivity index (χ1v) is 4.83. The molecule has 0 aliphatic carbocycles. The molecular formula is C11H15F2NO. The molecule has 0 fully saturated rings. The van der Waals surface area contributed by atoms with Crippen LogP contribution in [0.15, 0.2) is 18.2 Å². The summed E-state index contributed by atoms with van der Waals surface area (Å²) in [5.74, 6) is -1.59. The van der Waals surface area contributed by atoms with E-state index in [1.807, 2.05) is 0 Å². The second-order valence-corrected chi connectivity index (χ2v) is 3.31. The number of nitrogens with one attached hydrogen (secondary N) is 1. The minimum atomic E-state index is -0.812. The van der Waals surface area contributed by atoms with E-state index in [1.54, 1.807) is 20.1 Å². The number of methoxy groups -OCH3 is 1. The average Bonchev–Trinajstić information content (AvgIpc) is 2.22. The number of rotatable bonds is 5. The van der Waals surface area contributed by atoms with Crippen molar-refractivity contribution in [3.63, 3.8) is 0 Å². The zero-order valence-corrected chi connectivity index (χ0v) is 8.89. The predicted octanol–water partition coefficient (Wildman–Crippen LogP) is 2.26. The van der Waals surface area contributed by atoms with Crippen LogP contribution in [0.1, 0.15) is 18.5 Å². The van der Waals surface area contributed by atoms with Crippen LogP contribution in [-0.2, 0) is 4.74 Å². The summed E-state index contributed by atoms with van der Waals surface area (Å²) < 4.78 is 31.1. The molecule has 0 aliphatic rings. The van der Waals surface area contributed by atoms with Crippen molar-refractivity contribution in [2.24, 2.45) is 0 Å². The zero-order chi connectivity index (χ0) is 11.3. The number of benzene rings is 1. The van der Waals surface area contributed by atoms with Crippen molar-refractivity contribution in [1.82, 2.24) is 5.32 Å². The summed E-state index contributed by atoms with van der Waals surface area (Å²) in [6, 6.07) is 3.96. The van der Waals surface area contributed by atoms with Gasteiger partial charge in [-0.2, -0.15) is 0 Å². The molecule has 0 amide bonds. The first kappa shape index (κ1) is 12.1. The maximum atomic E-state index is 13.3. The Bertz CT molecular complexity index is 317. The molecule has 15 heavy (non-hydrogen) atoms. The molecular weight excluding hydrogens is 200 g/mol. The fourth-order valence-electron chi connectivity index (χ4n) is 1.34. The SMILES string of the molecule is COCCN[C@@H](C)c1cccc(F)c1F. The summed E-state index contributed by atoms with van der Waals surface area (Å²) in [5, 5.41) is 3.04. The van der Waals surface area contributed by atoms with E-state index in [9.17, 15) is 8.78 Å². The Hall–Kier alpha value is -1.00. The van der Waals surface area contributed by atoms with Crippen LogP contribution in [0.3, 0.4) is 0 Å². The van der Waals surface area contributed by atoms with Gasteiger partial charge in [0.15, 0.2) is 11.6 Å². The highest BCUT2D eigenvalue weighted by molar-refractivity contribution is 5.21. The largest absolute Gasteiger partial charge is 0.383 e. The van der Waals surface area contributed by atoms with Crippen molar-refractivity contribution in [2.45, 2.75) is 13.0 Å². The lowest BCUT2D eigenvalue weighted by atomic mass is 10.1. The van der Waals surface area contributed by atoms with Crippen LogP contribution in [0.5, 0.6) is 0 Å².